The Kier molecular flexibility index (Phi) is 4.80. The van der Waals surface area contributed by atoms with Crippen molar-refractivity contribution in [3.63, 3.8) is 0 Å². The van der Waals surface area contributed by atoms with Crippen molar-refractivity contribution in [3.05, 3.63) is 59.0 Å². The second-order valence-electron chi connectivity index (χ2n) is 5.47. The number of amides is 1. The van der Waals surface area contributed by atoms with Crippen molar-refractivity contribution in [2.75, 3.05) is 19.6 Å². The van der Waals surface area contributed by atoms with Crippen molar-refractivity contribution >= 4 is 17.5 Å². The maximum atomic E-state index is 12.1. The zero-order valence-corrected chi connectivity index (χ0v) is 13.1. The van der Waals surface area contributed by atoms with Crippen LogP contribution in [0.15, 0.2) is 47.1 Å². The average molecular weight is 319 g/mol. The van der Waals surface area contributed by atoms with Gasteiger partial charge in [-0.05, 0) is 49.7 Å². The number of carbonyl (C=O) groups is 1. The van der Waals surface area contributed by atoms with Gasteiger partial charge < -0.3 is 9.73 Å². The van der Waals surface area contributed by atoms with Gasteiger partial charge in [0.25, 0.3) is 5.91 Å². The van der Waals surface area contributed by atoms with Gasteiger partial charge in [0.15, 0.2) is 5.76 Å². The van der Waals surface area contributed by atoms with Gasteiger partial charge in [0.05, 0.1) is 12.3 Å². The Labute approximate surface area is 135 Å². The lowest BCUT2D eigenvalue weighted by molar-refractivity contribution is 0.0910. The summed E-state index contributed by atoms with van der Waals surface area (Å²) in [5.74, 6) is 0.139. The second kappa shape index (κ2) is 6.99. The quantitative estimate of drug-likeness (QED) is 0.917. The molecule has 2 aromatic rings. The molecule has 1 saturated heterocycles. The van der Waals surface area contributed by atoms with Crippen molar-refractivity contribution in [1.29, 1.82) is 0 Å². The average Bonchev–Trinajstić information content (AvgIpc) is 3.22. The highest BCUT2D eigenvalue weighted by molar-refractivity contribution is 6.31. The van der Waals surface area contributed by atoms with Crippen LogP contribution < -0.4 is 5.32 Å². The number of hydrogen-bond acceptors (Lipinski definition) is 3. The Morgan fingerprint density at radius 3 is 2.68 bits per heavy atom. The Hall–Kier alpha value is -1.78. The SMILES string of the molecule is O=C(NCC(c1ccccc1Cl)N1CCCC1)c1ccco1. The molecule has 0 bridgehead atoms. The molecule has 3 rings (SSSR count). The highest BCUT2D eigenvalue weighted by Crippen LogP contribution is 2.29. The topological polar surface area (TPSA) is 45.5 Å². The van der Waals surface area contributed by atoms with Crippen LogP contribution in [0, 0.1) is 0 Å². The van der Waals surface area contributed by atoms with Gasteiger partial charge in [-0.25, -0.2) is 0 Å². The summed E-state index contributed by atoms with van der Waals surface area (Å²) in [4.78, 5) is 14.5. The lowest BCUT2D eigenvalue weighted by Gasteiger charge is -2.28. The van der Waals surface area contributed by atoms with Crippen molar-refractivity contribution in [3.8, 4) is 0 Å². The van der Waals surface area contributed by atoms with Crippen LogP contribution in [-0.2, 0) is 0 Å². The fourth-order valence-corrected chi connectivity index (χ4v) is 3.18. The van der Waals surface area contributed by atoms with E-state index in [1.807, 2.05) is 24.3 Å². The van der Waals surface area contributed by atoms with Crippen LogP contribution in [0.4, 0.5) is 0 Å². The molecule has 4 nitrogen and oxygen atoms in total. The number of rotatable bonds is 5. The molecule has 0 aliphatic carbocycles. The summed E-state index contributed by atoms with van der Waals surface area (Å²) >= 11 is 6.35. The number of furan rings is 1. The number of hydrogen-bond donors (Lipinski definition) is 1. The first-order valence-electron chi connectivity index (χ1n) is 7.56. The number of carbonyl (C=O) groups excluding carboxylic acids is 1. The smallest absolute Gasteiger partial charge is 0.287 e. The van der Waals surface area contributed by atoms with Crippen LogP contribution in [-0.4, -0.2) is 30.4 Å². The van der Waals surface area contributed by atoms with Crippen LogP contribution in [0.3, 0.4) is 0 Å². The first-order valence-corrected chi connectivity index (χ1v) is 7.93. The van der Waals surface area contributed by atoms with Crippen LogP contribution in [0.1, 0.15) is 35.0 Å². The van der Waals surface area contributed by atoms with Gasteiger partial charge in [0.2, 0.25) is 0 Å². The monoisotopic (exact) mass is 318 g/mol. The maximum absolute atomic E-state index is 12.1. The third kappa shape index (κ3) is 3.34. The second-order valence-corrected chi connectivity index (χ2v) is 5.87. The predicted octanol–water partition coefficient (Wildman–Crippen LogP) is 3.50. The minimum absolute atomic E-state index is 0.0927. The molecule has 22 heavy (non-hydrogen) atoms. The van der Waals surface area contributed by atoms with E-state index in [0.29, 0.717) is 12.3 Å². The zero-order chi connectivity index (χ0) is 15.4. The molecule has 1 aromatic heterocycles. The van der Waals surface area contributed by atoms with E-state index >= 15 is 0 Å². The van der Waals surface area contributed by atoms with E-state index in [-0.39, 0.29) is 11.9 Å². The lowest BCUT2D eigenvalue weighted by atomic mass is 10.1. The summed E-state index contributed by atoms with van der Waals surface area (Å²) in [5.41, 5.74) is 1.06. The van der Waals surface area contributed by atoms with Crippen molar-refractivity contribution < 1.29 is 9.21 Å². The van der Waals surface area contributed by atoms with Gasteiger partial charge in [-0.1, -0.05) is 29.8 Å². The Bertz CT molecular complexity index is 621. The van der Waals surface area contributed by atoms with Crippen molar-refractivity contribution in [2.24, 2.45) is 0 Å². The summed E-state index contributed by atoms with van der Waals surface area (Å²) < 4.78 is 5.13. The molecule has 1 atom stereocenters. The normalized spacial score (nSPS) is 16.6. The molecule has 116 valence electrons. The van der Waals surface area contributed by atoms with Crippen molar-refractivity contribution in [2.45, 2.75) is 18.9 Å². The van der Waals surface area contributed by atoms with Gasteiger partial charge in [0, 0.05) is 11.6 Å². The Balaban J connectivity index is 1.74. The number of likely N-dealkylation sites (tertiary alicyclic amines) is 1. The molecule has 1 aliphatic rings. The lowest BCUT2D eigenvalue weighted by Crippen LogP contribution is -2.36. The summed E-state index contributed by atoms with van der Waals surface area (Å²) in [6.07, 6.45) is 3.88. The Morgan fingerprint density at radius 2 is 2.00 bits per heavy atom. The molecule has 1 aliphatic heterocycles. The zero-order valence-electron chi connectivity index (χ0n) is 12.3. The van der Waals surface area contributed by atoms with Crippen LogP contribution >= 0.6 is 11.6 Å². The van der Waals surface area contributed by atoms with E-state index in [1.165, 1.54) is 19.1 Å². The van der Waals surface area contributed by atoms with Gasteiger partial charge in [0.1, 0.15) is 0 Å². The Morgan fingerprint density at radius 1 is 1.23 bits per heavy atom. The molecule has 0 spiro atoms. The van der Waals surface area contributed by atoms with Crippen LogP contribution in [0.25, 0.3) is 0 Å². The molecule has 1 N–H and O–H groups in total. The molecule has 0 saturated carbocycles. The van der Waals surface area contributed by atoms with E-state index in [1.54, 1.807) is 12.1 Å². The minimum atomic E-state index is -0.193. The van der Waals surface area contributed by atoms with E-state index in [4.69, 9.17) is 16.0 Å². The number of halogens is 1. The molecule has 1 amide bonds. The fourth-order valence-electron chi connectivity index (χ4n) is 2.92. The van der Waals surface area contributed by atoms with Gasteiger partial charge in [-0.2, -0.15) is 0 Å². The molecule has 1 aromatic carbocycles. The summed E-state index contributed by atoms with van der Waals surface area (Å²) in [6.45, 7) is 2.59. The highest BCUT2D eigenvalue weighted by atomic mass is 35.5. The molecule has 1 fully saturated rings. The van der Waals surface area contributed by atoms with E-state index < -0.39 is 0 Å². The summed E-state index contributed by atoms with van der Waals surface area (Å²) in [5, 5.41) is 3.70. The molecule has 2 heterocycles. The van der Waals surface area contributed by atoms with E-state index in [2.05, 4.69) is 10.2 Å². The van der Waals surface area contributed by atoms with Gasteiger partial charge in [-0.3, -0.25) is 9.69 Å². The standard InChI is InChI=1S/C17H19ClN2O2/c18-14-7-2-1-6-13(14)15(20-9-3-4-10-20)12-19-17(21)16-8-5-11-22-16/h1-2,5-8,11,15H,3-4,9-10,12H2,(H,19,21). The predicted molar refractivity (Wildman–Crippen MR) is 86.0 cm³/mol. The third-order valence-electron chi connectivity index (χ3n) is 4.05. The largest absolute Gasteiger partial charge is 0.459 e. The molecular formula is C17H19ClN2O2. The number of nitrogens with zero attached hydrogens (tertiary/aromatic N) is 1. The summed E-state index contributed by atoms with van der Waals surface area (Å²) in [6, 6.07) is 11.3. The third-order valence-corrected chi connectivity index (χ3v) is 4.39. The van der Waals surface area contributed by atoms with Crippen LogP contribution in [0.5, 0.6) is 0 Å². The fraction of sp³-hybridized carbons (Fsp3) is 0.353. The maximum Gasteiger partial charge on any atom is 0.287 e. The summed E-state index contributed by atoms with van der Waals surface area (Å²) in [7, 11) is 0. The van der Waals surface area contributed by atoms with Crippen molar-refractivity contribution in [1.82, 2.24) is 10.2 Å². The van der Waals surface area contributed by atoms with E-state index in [9.17, 15) is 4.79 Å². The number of benzene rings is 1. The first kappa shape index (κ1) is 15.1. The molecule has 5 heteroatoms. The van der Waals surface area contributed by atoms with Gasteiger partial charge in [-0.15, -0.1) is 0 Å². The van der Waals surface area contributed by atoms with Gasteiger partial charge >= 0.3 is 0 Å². The first-order chi connectivity index (χ1) is 10.8. The minimum Gasteiger partial charge on any atom is -0.459 e. The molecule has 1 unspecified atom stereocenters. The van der Waals surface area contributed by atoms with E-state index in [0.717, 1.165) is 23.7 Å². The highest BCUT2D eigenvalue weighted by Gasteiger charge is 2.25. The number of nitrogens with one attached hydrogen (secondary N) is 1. The van der Waals surface area contributed by atoms with Crippen LogP contribution in [0.2, 0.25) is 5.02 Å². The molecule has 0 radical (unpaired) electrons. The molecular weight excluding hydrogens is 300 g/mol.